The quantitative estimate of drug-likeness (QED) is 0.476. The number of hydrogen-bond acceptors (Lipinski definition) is 3. The molecule has 0 saturated heterocycles. The van der Waals surface area contributed by atoms with Crippen LogP contribution in [-0.4, -0.2) is 14.5 Å². The molecule has 0 radical (unpaired) electrons. The van der Waals surface area contributed by atoms with Crippen molar-refractivity contribution in [2.75, 3.05) is 0 Å². The number of benzene rings is 1. The Bertz CT molecular complexity index is 1160. The van der Waals surface area contributed by atoms with Crippen molar-refractivity contribution in [2.45, 2.75) is 0 Å². The molecule has 3 heterocycles. The average molecular weight is 394 g/mol. The van der Waals surface area contributed by atoms with Crippen molar-refractivity contribution in [3.63, 3.8) is 0 Å². The van der Waals surface area contributed by atoms with Gasteiger partial charge in [-0.05, 0) is 42.5 Å². The minimum absolute atomic E-state index is 0.202. The first-order valence-electron chi connectivity index (χ1n) is 8.17. The second-order valence-electron chi connectivity index (χ2n) is 5.87. The van der Waals surface area contributed by atoms with Crippen LogP contribution in [-0.2, 0) is 0 Å². The normalized spacial score (nSPS) is 10.7. The van der Waals surface area contributed by atoms with Crippen LogP contribution in [0.25, 0.3) is 28.1 Å². The van der Waals surface area contributed by atoms with Gasteiger partial charge >= 0.3 is 0 Å². The van der Waals surface area contributed by atoms with Gasteiger partial charge in [-0.2, -0.15) is 0 Å². The van der Waals surface area contributed by atoms with Crippen LogP contribution in [0.1, 0.15) is 0 Å². The van der Waals surface area contributed by atoms with Gasteiger partial charge in [-0.25, -0.2) is 0 Å². The third-order valence-electron chi connectivity index (χ3n) is 4.12. The molecule has 3 aromatic heterocycles. The van der Waals surface area contributed by atoms with Crippen molar-refractivity contribution in [3.05, 3.63) is 99.8 Å². The van der Waals surface area contributed by atoms with Crippen molar-refractivity contribution in [3.8, 4) is 28.1 Å². The molecular formula is C21H13Cl2N3O. The van der Waals surface area contributed by atoms with Gasteiger partial charge in [0.15, 0.2) is 0 Å². The number of pyridine rings is 3. The van der Waals surface area contributed by atoms with Gasteiger partial charge in [-0.3, -0.25) is 19.3 Å². The Balaban J connectivity index is 2.02. The maximum Gasteiger partial charge on any atom is 0.263 e. The van der Waals surface area contributed by atoms with E-state index in [9.17, 15) is 4.79 Å². The van der Waals surface area contributed by atoms with Crippen LogP contribution >= 0.6 is 23.2 Å². The van der Waals surface area contributed by atoms with Crippen LogP contribution in [0.2, 0.25) is 10.0 Å². The lowest BCUT2D eigenvalue weighted by molar-refractivity contribution is 0.981. The molecule has 0 unspecified atom stereocenters. The lowest BCUT2D eigenvalue weighted by Gasteiger charge is -2.13. The highest BCUT2D eigenvalue weighted by molar-refractivity contribution is 6.36. The van der Waals surface area contributed by atoms with Crippen molar-refractivity contribution >= 4 is 23.2 Å². The topological polar surface area (TPSA) is 47.8 Å². The Morgan fingerprint density at radius 1 is 0.889 bits per heavy atom. The van der Waals surface area contributed by atoms with E-state index in [2.05, 4.69) is 9.97 Å². The van der Waals surface area contributed by atoms with E-state index in [1.165, 1.54) is 0 Å². The highest BCUT2D eigenvalue weighted by Gasteiger charge is 2.14. The summed E-state index contributed by atoms with van der Waals surface area (Å²) in [6, 6.07) is 16.1. The maximum atomic E-state index is 13.2. The molecule has 0 aliphatic carbocycles. The zero-order valence-corrected chi connectivity index (χ0v) is 15.5. The predicted molar refractivity (Wildman–Crippen MR) is 109 cm³/mol. The molecule has 6 heteroatoms. The summed E-state index contributed by atoms with van der Waals surface area (Å²) in [6.07, 6.45) is 6.77. The monoisotopic (exact) mass is 393 g/mol. The van der Waals surface area contributed by atoms with Crippen LogP contribution in [0.4, 0.5) is 0 Å². The van der Waals surface area contributed by atoms with Crippen molar-refractivity contribution in [1.29, 1.82) is 0 Å². The van der Waals surface area contributed by atoms with E-state index >= 15 is 0 Å². The van der Waals surface area contributed by atoms with E-state index in [4.69, 9.17) is 23.2 Å². The molecule has 1 aromatic carbocycles. The number of nitrogens with zero attached hydrogens (tertiary/aromatic N) is 3. The molecule has 0 saturated carbocycles. The lowest BCUT2D eigenvalue weighted by Crippen LogP contribution is -2.20. The molecule has 4 nitrogen and oxygen atoms in total. The van der Waals surface area contributed by atoms with Gasteiger partial charge in [-0.1, -0.05) is 35.3 Å². The molecule has 0 N–H and O–H groups in total. The fourth-order valence-corrected chi connectivity index (χ4v) is 3.35. The molecule has 0 bridgehead atoms. The number of hydrogen-bond donors (Lipinski definition) is 0. The fraction of sp³-hybridized carbons (Fsp3) is 0. The molecule has 0 aliphatic rings. The smallest absolute Gasteiger partial charge is 0.263 e. The highest BCUT2D eigenvalue weighted by Crippen LogP contribution is 2.30. The van der Waals surface area contributed by atoms with E-state index in [-0.39, 0.29) is 5.56 Å². The number of halogens is 2. The Morgan fingerprint density at radius 3 is 2.48 bits per heavy atom. The number of rotatable bonds is 3. The first-order valence-corrected chi connectivity index (χ1v) is 8.93. The summed E-state index contributed by atoms with van der Waals surface area (Å²) in [6.45, 7) is 0. The van der Waals surface area contributed by atoms with Gasteiger partial charge in [-0.15, -0.1) is 0 Å². The lowest BCUT2D eigenvalue weighted by atomic mass is 10.0. The van der Waals surface area contributed by atoms with Gasteiger partial charge in [0, 0.05) is 40.3 Å². The van der Waals surface area contributed by atoms with E-state index in [0.717, 1.165) is 11.3 Å². The van der Waals surface area contributed by atoms with E-state index in [0.29, 0.717) is 26.9 Å². The maximum absolute atomic E-state index is 13.2. The molecule has 0 spiro atoms. The summed E-state index contributed by atoms with van der Waals surface area (Å²) in [5, 5.41) is 0.924. The van der Waals surface area contributed by atoms with Gasteiger partial charge in [0.25, 0.3) is 5.56 Å². The van der Waals surface area contributed by atoms with Crippen molar-refractivity contribution in [1.82, 2.24) is 14.5 Å². The Morgan fingerprint density at radius 2 is 1.78 bits per heavy atom. The Labute approximate surface area is 165 Å². The standard InChI is InChI=1S/C21H13Cl2N3O/c22-15-6-7-17(19(23)11-15)18-10-14(20-5-1-2-9-25-20)13-26(21(18)27)16-4-3-8-24-12-16/h1-13H. The van der Waals surface area contributed by atoms with Crippen LogP contribution in [0, 0.1) is 0 Å². The second kappa shape index (κ2) is 7.35. The van der Waals surface area contributed by atoms with E-state index in [1.54, 1.807) is 59.7 Å². The molecule has 0 aliphatic heterocycles. The van der Waals surface area contributed by atoms with Gasteiger partial charge < -0.3 is 0 Å². The molecule has 0 amide bonds. The van der Waals surface area contributed by atoms with Crippen LogP contribution in [0.5, 0.6) is 0 Å². The third kappa shape index (κ3) is 3.50. The minimum Gasteiger partial charge on any atom is -0.282 e. The summed E-state index contributed by atoms with van der Waals surface area (Å²) in [5.41, 5.74) is 3.07. The van der Waals surface area contributed by atoms with Crippen LogP contribution in [0.3, 0.4) is 0 Å². The van der Waals surface area contributed by atoms with Crippen molar-refractivity contribution < 1.29 is 0 Å². The average Bonchev–Trinajstić information content (AvgIpc) is 2.70. The molecular weight excluding hydrogens is 381 g/mol. The predicted octanol–water partition coefficient (Wildman–Crippen LogP) is 5.27. The molecule has 4 aromatic rings. The second-order valence-corrected chi connectivity index (χ2v) is 6.71. The van der Waals surface area contributed by atoms with E-state index in [1.807, 2.05) is 24.3 Å². The van der Waals surface area contributed by atoms with Gasteiger partial charge in [0.05, 0.1) is 22.6 Å². The Hall–Kier alpha value is -2.95. The third-order valence-corrected chi connectivity index (χ3v) is 4.67. The summed E-state index contributed by atoms with van der Waals surface area (Å²) < 4.78 is 1.55. The first-order chi connectivity index (χ1) is 13.1. The zero-order chi connectivity index (χ0) is 18.8. The van der Waals surface area contributed by atoms with Gasteiger partial charge in [0.2, 0.25) is 0 Å². The van der Waals surface area contributed by atoms with Crippen LogP contribution in [0.15, 0.2) is 84.2 Å². The highest BCUT2D eigenvalue weighted by atomic mass is 35.5. The first kappa shape index (κ1) is 17.5. The van der Waals surface area contributed by atoms with Crippen molar-refractivity contribution in [2.24, 2.45) is 0 Å². The zero-order valence-electron chi connectivity index (χ0n) is 14.0. The SMILES string of the molecule is O=c1c(-c2ccc(Cl)cc2Cl)cc(-c2ccccn2)cn1-c1cccnc1. The summed E-state index contributed by atoms with van der Waals surface area (Å²) >= 11 is 12.4. The van der Waals surface area contributed by atoms with Gasteiger partial charge in [0.1, 0.15) is 0 Å². The summed E-state index contributed by atoms with van der Waals surface area (Å²) in [7, 11) is 0. The minimum atomic E-state index is -0.202. The Kier molecular flexibility index (Phi) is 4.75. The largest absolute Gasteiger partial charge is 0.282 e. The van der Waals surface area contributed by atoms with E-state index < -0.39 is 0 Å². The van der Waals surface area contributed by atoms with Crippen LogP contribution < -0.4 is 5.56 Å². The molecule has 4 rings (SSSR count). The molecule has 0 fully saturated rings. The fourth-order valence-electron chi connectivity index (χ4n) is 2.84. The molecule has 132 valence electrons. The summed E-state index contributed by atoms with van der Waals surface area (Å²) in [4.78, 5) is 21.7. The molecule has 0 atom stereocenters. The number of aromatic nitrogens is 3. The molecule has 27 heavy (non-hydrogen) atoms. The summed E-state index contributed by atoms with van der Waals surface area (Å²) in [5.74, 6) is 0.